The zero-order valence-electron chi connectivity index (χ0n) is 16.8. The first-order chi connectivity index (χ1) is 14.6. The van der Waals surface area contributed by atoms with Crippen LogP contribution in [-0.2, 0) is 4.74 Å². The minimum atomic E-state index is -0.293. The number of ether oxygens (including phenoxy) is 2. The van der Waals surface area contributed by atoms with Gasteiger partial charge in [0.15, 0.2) is 0 Å². The molecule has 152 valence electrons. The molecule has 5 rings (SSSR count). The first kappa shape index (κ1) is 18.5. The van der Waals surface area contributed by atoms with Crippen molar-refractivity contribution in [2.24, 2.45) is 0 Å². The summed E-state index contributed by atoms with van der Waals surface area (Å²) in [5.41, 5.74) is 2.34. The van der Waals surface area contributed by atoms with E-state index >= 15 is 0 Å². The Morgan fingerprint density at radius 3 is 2.87 bits per heavy atom. The second-order valence-corrected chi connectivity index (χ2v) is 7.33. The third kappa shape index (κ3) is 3.25. The zero-order valence-corrected chi connectivity index (χ0v) is 16.8. The van der Waals surface area contributed by atoms with Crippen molar-refractivity contribution < 1.29 is 14.3 Å². The number of benzene rings is 2. The van der Waals surface area contributed by atoms with E-state index in [9.17, 15) is 4.79 Å². The summed E-state index contributed by atoms with van der Waals surface area (Å²) in [4.78, 5) is 23.6. The Morgan fingerprint density at radius 2 is 2.00 bits per heavy atom. The summed E-state index contributed by atoms with van der Waals surface area (Å²) < 4.78 is 12.9. The Morgan fingerprint density at radius 1 is 1.17 bits per heavy atom. The summed E-state index contributed by atoms with van der Waals surface area (Å²) in [6.45, 7) is 3.35. The average Bonchev–Trinajstić information content (AvgIpc) is 3.25. The molecule has 8 nitrogen and oxygen atoms in total. The molecule has 0 radical (unpaired) electrons. The number of nitrogens with zero attached hydrogens (tertiary/aromatic N) is 5. The SMILES string of the molecule is COc1ccc2cc(C(=O)N3CCOC(c4cc(C)nc5ncnn45)C3)ccc2c1. The summed E-state index contributed by atoms with van der Waals surface area (Å²) >= 11 is 0. The van der Waals surface area contributed by atoms with Crippen LogP contribution in [0.5, 0.6) is 5.75 Å². The lowest BCUT2D eigenvalue weighted by atomic mass is 10.1. The zero-order chi connectivity index (χ0) is 20.7. The highest BCUT2D eigenvalue weighted by molar-refractivity contribution is 5.98. The van der Waals surface area contributed by atoms with Crippen LogP contribution in [-0.4, -0.2) is 57.2 Å². The smallest absolute Gasteiger partial charge is 0.254 e. The van der Waals surface area contributed by atoms with E-state index in [0.717, 1.165) is 27.9 Å². The van der Waals surface area contributed by atoms with Gasteiger partial charge in [-0.15, -0.1) is 0 Å². The molecule has 2 aromatic carbocycles. The maximum atomic E-state index is 13.2. The molecule has 0 bridgehead atoms. The number of aromatic nitrogens is 4. The standard InChI is InChI=1S/C22H21N5O3/c1-14-9-19(27-22(25-14)23-13-24-27)20-12-26(7-8-30-20)21(28)17-4-3-16-11-18(29-2)6-5-15(16)10-17/h3-6,9-11,13,20H,7-8,12H2,1-2H3. The Balaban J connectivity index is 1.42. The van der Waals surface area contributed by atoms with Crippen molar-refractivity contribution in [3.8, 4) is 5.75 Å². The van der Waals surface area contributed by atoms with E-state index < -0.39 is 0 Å². The number of hydrogen-bond donors (Lipinski definition) is 0. The van der Waals surface area contributed by atoms with Gasteiger partial charge < -0.3 is 14.4 Å². The van der Waals surface area contributed by atoms with Gasteiger partial charge in [-0.3, -0.25) is 4.79 Å². The fraction of sp³-hybridized carbons (Fsp3) is 0.273. The van der Waals surface area contributed by atoms with Crippen molar-refractivity contribution in [1.82, 2.24) is 24.5 Å². The molecule has 1 amide bonds. The highest BCUT2D eigenvalue weighted by atomic mass is 16.5. The van der Waals surface area contributed by atoms with Gasteiger partial charge in [0.25, 0.3) is 11.7 Å². The fourth-order valence-electron chi connectivity index (χ4n) is 3.87. The molecule has 1 fully saturated rings. The quantitative estimate of drug-likeness (QED) is 0.523. The van der Waals surface area contributed by atoms with Crippen LogP contribution in [0.2, 0.25) is 0 Å². The maximum Gasteiger partial charge on any atom is 0.254 e. The molecule has 1 aliphatic heterocycles. The Hall–Kier alpha value is -3.52. The minimum Gasteiger partial charge on any atom is -0.497 e. The Bertz CT molecular complexity index is 1250. The summed E-state index contributed by atoms with van der Waals surface area (Å²) in [7, 11) is 1.64. The number of aryl methyl sites for hydroxylation is 1. The van der Waals surface area contributed by atoms with Crippen LogP contribution >= 0.6 is 0 Å². The number of hydrogen-bond acceptors (Lipinski definition) is 6. The molecule has 2 aromatic heterocycles. The van der Waals surface area contributed by atoms with E-state index in [4.69, 9.17) is 9.47 Å². The van der Waals surface area contributed by atoms with Crippen LogP contribution in [0.1, 0.15) is 27.8 Å². The molecule has 4 aromatic rings. The lowest BCUT2D eigenvalue weighted by Crippen LogP contribution is -2.42. The summed E-state index contributed by atoms with van der Waals surface area (Å²) in [5, 5.41) is 6.30. The van der Waals surface area contributed by atoms with E-state index in [1.807, 2.05) is 54.3 Å². The summed E-state index contributed by atoms with van der Waals surface area (Å²) in [5.74, 6) is 1.31. The van der Waals surface area contributed by atoms with Gasteiger partial charge in [0, 0.05) is 17.8 Å². The summed E-state index contributed by atoms with van der Waals surface area (Å²) in [6, 6.07) is 13.5. The van der Waals surface area contributed by atoms with Crippen molar-refractivity contribution in [3.05, 3.63) is 65.7 Å². The van der Waals surface area contributed by atoms with Crippen LogP contribution in [0.25, 0.3) is 16.6 Å². The number of carbonyl (C=O) groups excluding carboxylic acids is 1. The van der Waals surface area contributed by atoms with Crippen molar-refractivity contribution in [2.75, 3.05) is 26.8 Å². The van der Waals surface area contributed by atoms with Crippen LogP contribution in [0.3, 0.4) is 0 Å². The first-order valence-corrected chi connectivity index (χ1v) is 9.78. The maximum absolute atomic E-state index is 13.2. The molecule has 8 heteroatoms. The molecule has 0 N–H and O–H groups in total. The van der Waals surface area contributed by atoms with Gasteiger partial charge in [-0.2, -0.15) is 14.6 Å². The molecule has 3 heterocycles. The van der Waals surface area contributed by atoms with Crippen LogP contribution < -0.4 is 4.74 Å². The molecule has 1 atom stereocenters. The number of methoxy groups -OCH3 is 1. The second kappa shape index (κ2) is 7.38. The molecule has 0 saturated carbocycles. The van der Waals surface area contributed by atoms with Crippen LogP contribution in [0.4, 0.5) is 0 Å². The number of amides is 1. The third-order valence-electron chi connectivity index (χ3n) is 5.39. The normalized spacial score (nSPS) is 16.9. The second-order valence-electron chi connectivity index (χ2n) is 7.33. The Kier molecular flexibility index (Phi) is 4.55. The number of fused-ring (bicyclic) bond motifs is 2. The molecule has 1 saturated heterocycles. The Labute approximate surface area is 173 Å². The monoisotopic (exact) mass is 403 g/mol. The summed E-state index contributed by atoms with van der Waals surface area (Å²) in [6.07, 6.45) is 1.18. The lowest BCUT2D eigenvalue weighted by molar-refractivity contribution is -0.0257. The lowest BCUT2D eigenvalue weighted by Gasteiger charge is -2.33. The topological polar surface area (TPSA) is 81.8 Å². The largest absolute Gasteiger partial charge is 0.497 e. The van der Waals surface area contributed by atoms with Gasteiger partial charge >= 0.3 is 0 Å². The van der Waals surface area contributed by atoms with E-state index in [1.165, 1.54) is 6.33 Å². The number of rotatable bonds is 3. The predicted molar refractivity (Wildman–Crippen MR) is 111 cm³/mol. The molecule has 1 unspecified atom stereocenters. The van der Waals surface area contributed by atoms with E-state index in [1.54, 1.807) is 11.6 Å². The van der Waals surface area contributed by atoms with Gasteiger partial charge in [-0.25, -0.2) is 4.98 Å². The minimum absolute atomic E-state index is 0.0124. The molecule has 30 heavy (non-hydrogen) atoms. The molecule has 1 aliphatic rings. The molecule has 0 aliphatic carbocycles. The van der Waals surface area contributed by atoms with Gasteiger partial charge in [0.1, 0.15) is 18.2 Å². The van der Waals surface area contributed by atoms with E-state index in [2.05, 4.69) is 15.1 Å². The van der Waals surface area contributed by atoms with Crippen molar-refractivity contribution >= 4 is 22.5 Å². The predicted octanol–water partition coefficient (Wildman–Crippen LogP) is 2.81. The van der Waals surface area contributed by atoms with Gasteiger partial charge in [0.2, 0.25) is 0 Å². The van der Waals surface area contributed by atoms with Gasteiger partial charge in [-0.1, -0.05) is 12.1 Å². The first-order valence-electron chi connectivity index (χ1n) is 9.78. The van der Waals surface area contributed by atoms with Crippen LogP contribution in [0.15, 0.2) is 48.8 Å². The molecule has 0 spiro atoms. The van der Waals surface area contributed by atoms with Crippen molar-refractivity contribution in [1.29, 1.82) is 0 Å². The number of morpholine rings is 1. The van der Waals surface area contributed by atoms with Gasteiger partial charge in [0.05, 0.1) is 26.0 Å². The van der Waals surface area contributed by atoms with Crippen molar-refractivity contribution in [3.63, 3.8) is 0 Å². The van der Waals surface area contributed by atoms with Crippen LogP contribution in [0, 0.1) is 6.92 Å². The molecular weight excluding hydrogens is 382 g/mol. The van der Waals surface area contributed by atoms with E-state index in [0.29, 0.717) is 31.0 Å². The van der Waals surface area contributed by atoms with E-state index in [-0.39, 0.29) is 12.0 Å². The highest BCUT2D eigenvalue weighted by Gasteiger charge is 2.28. The van der Waals surface area contributed by atoms with Gasteiger partial charge in [-0.05, 0) is 48.0 Å². The highest BCUT2D eigenvalue weighted by Crippen LogP contribution is 2.26. The number of carbonyl (C=O) groups is 1. The average molecular weight is 403 g/mol. The van der Waals surface area contributed by atoms with Crippen molar-refractivity contribution in [2.45, 2.75) is 13.0 Å². The molecular formula is C22H21N5O3. The fourth-order valence-corrected chi connectivity index (χ4v) is 3.87. The third-order valence-corrected chi connectivity index (χ3v) is 5.39.